The number of carbonyl (C=O) groups excluding carboxylic acids is 1. The van der Waals surface area contributed by atoms with E-state index in [4.69, 9.17) is 0 Å². The molecule has 1 aliphatic rings. The molecule has 1 aliphatic carbocycles. The number of hydrogen-bond donors (Lipinski definition) is 2. The molecule has 1 rings (SSSR count). The number of nitrogens with one attached hydrogen (secondary N) is 1. The Morgan fingerprint density at radius 2 is 1.89 bits per heavy atom. The van der Waals surface area contributed by atoms with Crippen LogP contribution in [0.25, 0.3) is 0 Å². The summed E-state index contributed by atoms with van der Waals surface area (Å²) in [5.41, 5.74) is -0.811. The molecule has 2 N–H and O–H groups in total. The van der Waals surface area contributed by atoms with Gasteiger partial charge < -0.3 is 10.4 Å². The van der Waals surface area contributed by atoms with Gasteiger partial charge in [-0.1, -0.05) is 32.6 Å². The van der Waals surface area contributed by atoms with Crippen molar-refractivity contribution in [2.45, 2.75) is 71.3 Å². The highest BCUT2D eigenvalue weighted by atomic mass is 16.4. The van der Waals surface area contributed by atoms with Crippen molar-refractivity contribution in [3.8, 4) is 0 Å². The Balaban J connectivity index is 2.55. The SMILES string of the molecule is CCCC(C)NC(=O)CC1(C(=O)O)CCCCC1. The molecular formula is C14H25NO3. The van der Waals surface area contributed by atoms with Crippen LogP contribution in [0.15, 0.2) is 0 Å². The van der Waals surface area contributed by atoms with E-state index in [1.807, 2.05) is 6.92 Å². The Hall–Kier alpha value is -1.06. The molecule has 1 fully saturated rings. The quantitative estimate of drug-likeness (QED) is 0.767. The highest BCUT2D eigenvalue weighted by Gasteiger charge is 2.41. The van der Waals surface area contributed by atoms with Gasteiger partial charge in [0, 0.05) is 12.5 Å². The fraction of sp³-hybridized carbons (Fsp3) is 0.857. The maximum absolute atomic E-state index is 11.9. The summed E-state index contributed by atoms with van der Waals surface area (Å²) >= 11 is 0. The van der Waals surface area contributed by atoms with Crippen LogP contribution in [-0.2, 0) is 9.59 Å². The van der Waals surface area contributed by atoms with E-state index in [1.54, 1.807) is 0 Å². The van der Waals surface area contributed by atoms with Crippen molar-refractivity contribution in [3.05, 3.63) is 0 Å². The van der Waals surface area contributed by atoms with Gasteiger partial charge in [0.2, 0.25) is 5.91 Å². The molecule has 0 heterocycles. The minimum atomic E-state index is -0.811. The maximum Gasteiger partial charge on any atom is 0.310 e. The van der Waals surface area contributed by atoms with E-state index in [2.05, 4.69) is 12.2 Å². The van der Waals surface area contributed by atoms with Gasteiger partial charge in [-0.05, 0) is 26.2 Å². The van der Waals surface area contributed by atoms with Crippen LogP contribution in [0.2, 0.25) is 0 Å². The summed E-state index contributed by atoms with van der Waals surface area (Å²) in [5, 5.41) is 12.3. The lowest BCUT2D eigenvalue weighted by atomic mass is 9.71. The number of aliphatic carboxylic acids is 1. The van der Waals surface area contributed by atoms with Gasteiger partial charge >= 0.3 is 5.97 Å². The minimum absolute atomic E-state index is 0.111. The number of amides is 1. The monoisotopic (exact) mass is 255 g/mol. The molecule has 1 unspecified atom stereocenters. The Bertz CT molecular complexity index is 295. The molecule has 0 aromatic rings. The number of hydrogen-bond acceptors (Lipinski definition) is 2. The first-order chi connectivity index (χ1) is 8.50. The standard InChI is InChI=1S/C14H25NO3/c1-3-7-11(2)15-12(16)10-14(13(17)18)8-5-4-6-9-14/h11H,3-10H2,1-2H3,(H,15,16)(H,17,18). The zero-order valence-corrected chi connectivity index (χ0v) is 11.5. The van der Waals surface area contributed by atoms with Gasteiger partial charge in [0.05, 0.1) is 5.41 Å². The molecule has 1 atom stereocenters. The second kappa shape index (κ2) is 6.76. The summed E-state index contributed by atoms with van der Waals surface area (Å²) in [5.74, 6) is -0.916. The smallest absolute Gasteiger partial charge is 0.310 e. The van der Waals surface area contributed by atoms with Crippen molar-refractivity contribution in [1.82, 2.24) is 5.32 Å². The lowest BCUT2D eigenvalue weighted by Gasteiger charge is -2.32. The van der Waals surface area contributed by atoms with Gasteiger partial charge in [-0.15, -0.1) is 0 Å². The van der Waals surface area contributed by atoms with Gasteiger partial charge in [0.15, 0.2) is 0 Å². The fourth-order valence-electron chi connectivity index (χ4n) is 2.83. The van der Waals surface area contributed by atoms with E-state index in [-0.39, 0.29) is 18.4 Å². The van der Waals surface area contributed by atoms with Crippen molar-refractivity contribution in [2.75, 3.05) is 0 Å². The fourth-order valence-corrected chi connectivity index (χ4v) is 2.83. The highest BCUT2D eigenvalue weighted by Crippen LogP contribution is 2.39. The van der Waals surface area contributed by atoms with Gasteiger partial charge in [0.1, 0.15) is 0 Å². The van der Waals surface area contributed by atoms with Gasteiger partial charge in [-0.3, -0.25) is 9.59 Å². The van der Waals surface area contributed by atoms with Crippen LogP contribution in [0.1, 0.15) is 65.2 Å². The zero-order valence-electron chi connectivity index (χ0n) is 11.5. The third-order valence-electron chi connectivity index (χ3n) is 3.89. The second-order valence-corrected chi connectivity index (χ2v) is 5.58. The Kier molecular flexibility index (Phi) is 5.63. The first-order valence-electron chi connectivity index (χ1n) is 7.03. The summed E-state index contributed by atoms with van der Waals surface area (Å²) in [4.78, 5) is 23.4. The van der Waals surface area contributed by atoms with Crippen LogP contribution < -0.4 is 5.32 Å². The van der Waals surface area contributed by atoms with E-state index in [0.29, 0.717) is 12.8 Å². The van der Waals surface area contributed by atoms with Crippen LogP contribution in [0.3, 0.4) is 0 Å². The normalized spacial score (nSPS) is 20.1. The van der Waals surface area contributed by atoms with Gasteiger partial charge in [-0.2, -0.15) is 0 Å². The highest BCUT2D eigenvalue weighted by molar-refractivity contribution is 5.85. The number of carbonyl (C=O) groups is 2. The molecule has 1 amide bonds. The van der Waals surface area contributed by atoms with E-state index >= 15 is 0 Å². The molecule has 0 saturated heterocycles. The molecule has 0 spiro atoms. The van der Waals surface area contributed by atoms with Crippen molar-refractivity contribution in [1.29, 1.82) is 0 Å². The van der Waals surface area contributed by atoms with E-state index < -0.39 is 11.4 Å². The summed E-state index contributed by atoms with van der Waals surface area (Å²) in [7, 11) is 0. The molecule has 1 saturated carbocycles. The van der Waals surface area contributed by atoms with Crippen LogP contribution in [0.4, 0.5) is 0 Å². The molecule has 18 heavy (non-hydrogen) atoms. The maximum atomic E-state index is 11.9. The zero-order chi connectivity index (χ0) is 13.6. The third kappa shape index (κ3) is 4.00. The topological polar surface area (TPSA) is 66.4 Å². The molecular weight excluding hydrogens is 230 g/mol. The molecule has 4 heteroatoms. The molecule has 0 bridgehead atoms. The van der Waals surface area contributed by atoms with Crippen molar-refractivity contribution in [2.24, 2.45) is 5.41 Å². The lowest BCUT2D eigenvalue weighted by molar-refractivity contribution is -0.154. The van der Waals surface area contributed by atoms with Crippen LogP contribution in [0, 0.1) is 5.41 Å². The summed E-state index contributed by atoms with van der Waals surface area (Å²) in [6.07, 6.45) is 6.29. The predicted molar refractivity (Wildman–Crippen MR) is 70.3 cm³/mol. The molecule has 0 aromatic heterocycles. The van der Waals surface area contributed by atoms with Crippen LogP contribution in [-0.4, -0.2) is 23.0 Å². The van der Waals surface area contributed by atoms with Crippen LogP contribution >= 0.6 is 0 Å². The Labute approximate surface area is 109 Å². The molecule has 104 valence electrons. The Morgan fingerprint density at radius 3 is 2.39 bits per heavy atom. The first-order valence-corrected chi connectivity index (χ1v) is 7.03. The predicted octanol–water partition coefficient (Wildman–Crippen LogP) is 2.72. The first kappa shape index (κ1) is 15.0. The largest absolute Gasteiger partial charge is 0.481 e. The molecule has 4 nitrogen and oxygen atoms in total. The van der Waals surface area contributed by atoms with Gasteiger partial charge in [0.25, 0.3) is 0 Å². The summed E-state index contributed by atoms with van der Waals surface area (Å²) < 4.78 is 0. The number of carboxylic acids is 1. The number of rotatable bonds is 6. The lowest BCUT2D eigenvalue weighted by Crippen LogP contribution is -2.41. The van der Waals surface area contributed by atoms with Crippen LogP contribution in [0.5, 0.6) is 0 Å². The minimum Gasteiger partial charge on any atom is -0.481 e. The van der Waals surface area contributed by atoms with E-state index in [0.717, 1.165) is 32.1 Å². The van der Waals surface area contributed by atoms with E-state index in [1.165, 1.54) is 0 Å². The summed E-state index contributed by atoms with van der Waals surface area (Å²) in [6.45, 7) is 4.04. The van der Waals surface area contributed by atoms with Crippen molar-refractivity contribution >= 4 is 11.9 Å². The summed E-state index contributed by atoms with van der Waals surface area (Å²) in [6, 6.07) is 0.136. The van der Waals surface area contributed by atoms with Crippen molar-refractivity contribution < 1.29 is 14.7 Å². The van der Waals surface area contributed by atoms with Crippen molar-refractivity contribution in [3.63, 3.8) is 0 Å². The Morgan fingerprint density at radius 1 is 1.28 bits per heavy atom. The molecule has 0 aliphatic heterocycles. The van der Waals surface area contributed by atoms with E-state index in [9.17, 15) is 14.7 Å². The molecule has 0 radical (unpaired) electrons. The second-order valence-electron chi connectivity index (χ2n) is 5.58. The third-order valence-corrected chi connectivity index (χ3v) is 3.89. The van der Waals surface area contributed by atoms with Gasteiger partial charge in [-0.25, -0.2) is 0 Å². The average molecular weight is 255 g/mol. The number of carboxylic acid groups (broad SMARTS) is 1. The molecule has 0 aromatic carbocycles. The average Bonchev–Trinajstić information content (AvgIpc) is 2.29.